The Hall–Kier alpha value is -3.43. The van der Waals surface area contributed by atoms with Gasteiger partial charge in [-0.2, -0.15) is 0 Å². The van der Waals surface area contributed by atoms with Gasteiger partial charge in [0, 0.05) is 25.7 Å². The Morgan fingerprint density at radius 2 is 1.87 bits per heavy atom. The lowest BCUT2D eigenvalue weighted by Crippen LogP contribution is -2.36. The molecule has 162 valence electrons. The zero-order chi connectivity index (χ0) is 22.1. The quantitative estimate of drug-likeness (QED) is 0.422. The van der Waals surface area contributed by atoms with E-state index in [4.69, 9.17) is 4.74 Å². The summed E-state index contributed by atoms with van der Waals surface area (Å²) in [5.41, 5.74) is 1.67. The molecule has 0 spiro atoms. The van der Waals surface area contributed by atoms with Crippen LogP contribution in [0.1, 0.15) is 25.3 Å². The van der Waals surface area contributed by atoms with Crippen LogP contribution < -0.4 is 10.6 Å². The van der Waals surface area contributed by atoms with Crippen LogP contribution in [0.2, 0.25) is 0 Å². The molecule has 2 rings (SSSR count). The molecule has 0 atom stereocenters. The number of nitrogens with zero attached hydrogens (tertiary/aromatic N) is 2. The van der Waals surface area contributed by atoms with E-state index in [9.17, 15) is 24.0 Å². The second kappa shape index (κ2) is 10.9. The average molecular weight is 418 g/mol. The first kappa shape index (κ1) is 22.9. The van der Waals surface area contributed by atoms with Crippen molar-refractivity contribution in [3.05, 3.63) is 29.8 Å². The number of hydrogen-bond donors (Lipinski definition) is 2. The number of carbonyl (C=O) groups is 5. The molecule has 1 aliphatic rings. The number of nitrogens with one attached hydrogen (secondary N) is 2. The van der Waals surface area contributed by atoms with Gasteiger partial charge in [-0.3, -0.25) is 24.1 Å². The highest BCUT2D eigenvalue weighted by molar-refractivity contribution is 6.01. The highest BCUT2D eigenvalue weighted by Crippen LogP contribution is 2.15. The number of rotatable bonds is 10. The molecule has 1 aromatic rings. The molecule has 0 bridgehead atoms. The number of amides is 5. The molecular weight excluding hydrogens is 392 g/mol. The number of imide groups is 1. The SMILES string of the molecule is CCc1ccccc1NC(=O)CNC(=O)COC(=O)CCCN1C(=O)CN(C)C1=O. The van der Waals surface area contributed by atoms with Crippen LogP contribution in [0, 0.1) is 0 Å². The molecule has 0 saturated carbocycles. The van der Waals surface area contributed by atoms with Gasteiger partial charge in [-0.25, -0.2) is 4.79 Å². The van der Waals surface area contributed by atoms with Crippen LogP contribution in [0.25, 0.3) is 0 Å². The fourth-order valence-corrected chi connectivity index (χ4v) is 2.86. The van der Waals surface area contributed by atoms with E-state index in [0.29, 0.717) is 5.69 Å². The summed E-state index contributed by atoms with van der Waals surface area (Å²) in [6, 6.07) is 6.97. The smallest absolute Gasteiger partial charge is 0.326 e. The minimum Gasteiger partial charge on any atom is -0.456 e. The molecular formula is C20H26N4O6. The third-order valence-electron chi connectivity index (χ3n) is 4.48. The van der Waals surface area contributed by atoms with E-state index in [0.717, 1.165) is 16.9 Å². The largest absolute Gasteiger partial charge is 0.456 e. The molecule has 0 aliphatic carbocycles. The number of ether oxygens (including phenoxy) is 1. The lowest BCUT2D eigenvalue weighted by atomic mass is 10.1. The zero-order valence-electron chi connectivity index (χ0n) is 17.1. The molecule has 30 heavy (non-hydrogen) atoms. The second-order valence-electron chi connectivity index (χ2n) is 6.78. The number of likely N-dealkylation sites (N-methyl/N-ethyl adjacent to an activating group) is 1. The molecule has 0 unspecified atom stereocenters. The van der Waals surface area contributed by atoms with Crippen molar-refractivity contribution in [2.75, 3.05) is 38.6 Å². The molecule has 0 aromatic heterocycles. The molecule has 1 fully saturated rings. The first-order valence-electron chi connectivity index (χ1n) is 9.67. The van der Waals surface area contributed by atoms with Gasteiger partial charge in [0.05, 0.1) is 6.54 Å². The van der Waals surface area contributed by atoms with Gasteiger partial charge >= 0.3 is 12.0 Å². The summed E-state index contributed by atoms with van der Waals surface area (Å²) in [6.45, 7) is 1.35. The van der Waals surface area contributed by atoms with Crippen LogP contribution in [0.5, 0.6) is 0 Å². The minimum absolute atomic E-state index is 0.0288. The van der Waals surface area contributed by atoms with Gasteiger partial charge in [-0.1, -0.05) is 25.1 Å². The predicted molar refractivity (Wildman–Crippen MR) is 107 cm³/mol. The Kier molecular flexibility index (Phi) is 8.33. The Balaban J connectivity index is 1.62. The van der Waals surface area contributed by atoms with E-state index in [-0.39, 0.29) is 44.3 Å². The van der Waals surface area contributed by atoms with Crippen molar-refractivity contribution < 1.29 is 28.7 Å². The van der Waals surface area contributed by atoms with E-state index in [1.165, 1.54) is 11.9 Å². The van der Waals surface area contributed by atoms with E-state index in [2.05, 4.69) is 10.6 Å². The average Bonchev–Trinajstić information content (AvgIpc) is 2.97. The number of para-hydroxylation sites is 1. The molecule has 2 N–H and O–H groups in total. The summed E-state index contributed by atoms with van der Waals surface area (Å²) in [5, 5.41) is 5.10. The molecule has 1 heterocycles. The Morgan fingerprint density at radius 1 is 1.13 bits per heavy atom. The molecule has 1 aromatic carbocycles. The van der Waals surface area contributed by atoms with Crippen LogP contribution in [-0.2, 0) is 30.3 Å². The first-order chi connectivity index (χ1) is 14.3. The van der Waals surface area contributed by atoms with Crippen LogP contribution in [0.4, 0.5) is 10.5 Å². The molecule has 1 saturated heterocycles. The van der Waals surface area contributed by atoms with E-state index >= 15 is 0 Å². The van der Waals surface area contributed by atoms with Gasteiger partial charge in [0.2, 0.25) is 11.8 Å². The van der Waals surface area contributed by atoms with Crippen LogP contribution in [0.3, 0.4) is 0 Å². The fraction of sp³-hybridized carbons (Fsp3) is 0.450. The number of aryl methyl sites for hydroxylation is 1. The van der Waals surface area contributed by atoms with Crippen LogP contribution >= 0.6 is 0 Å². The Morgan fingerprint density at radius 3 is 2.53 bits per heavy atom. The standard InChI is InChI=1S/C20H26N4O6/c1-3-14-7-4-5-8-15(14)22-16(25)11-21-17(26)13-30-19(28)9-6-10-24-18(27)12-23(2)20(24)29/h4-5,7-8H,3,6,9-13H2,1-2H3,(H,21,26)(H,22,25). The lowest BCUT2D eigenvalue weighted by Gasteiger charge is -2.13. The van der Waals surface area contributed by atoms with Gasteiger partial charge in [-0.15, -0.1) is 0 Å². The van der Waals surface area contributed by atoms with Crippen molar-refractivity contribution >= 4 is 35.4 Å². The van der Waals surface area contributed by atoms with Gasteiger partial charge in [-0.05, 0) is 24.5 Å². The normalized spacial score (nSPS) is 13.4. The van der Waals surface area contributed by atoms with E-state index in [1.54, 1.807) is 12.1 Å². The maximum Gasteiger partial charge on any atom is 0.326 e. The second-order valence-corrected chi connectivity index (χ2v) is 6.78. The summed E-state index contributed by atoms with van der Waals surface area (Å²) >= 11 is 0. The number of carbonyl (C=O) groups excluding carboxylic acids is 5. The maximum atomic E-state index is 12.0. The summed E-state index contributed by atoms with van der Waals surface area (Å²) in [7, 11) is 1.52. The number of esters is 1. The fourth-order valence-electron chi connectivity index (χ4n) is 2.86. The number of anilines is 1. The highest BCUT2D eigenvalue weighted by Gasteiger charge is 2.32. The zero-order valence-corrected chi connectivity index (χ0v) is 17.1. The van der Waals surface area contributed by atoms with Gasteiger partial charge in [0.25, 0.3) is 5.91 Å². The van der Waals surface area contributed by atoms with Crippen molar-refractivity contribution in [1.82, 2.24) is 15.1 Å². The molecule has 10 nitrogen and oxygen atoms in total. The summed E-state index contributed by atoms with van der Waals surface area (Å²) in [5.74, 6) is -1.93. The Bertz CT molecular complexity index is 825. The summed E-state index contributed by atoms with van der Waals surface area (Å²) < 4.78 is 4.85. The Labute approximate surface area is 174 Å². The molecule has 5 amide bonds. The molecule has 10 heteroatoms. The van der Waals surface area contributed by atoms with Crippen LogP contribution in [0.15, 0.2) is 24.3 Å². The lowest BCUT2D eigenvalue weighted by molar-refractivity contribution is -0.148. The molecule has 0 radical (unpaired) electrons. The summed E-state index contributed by atoms with van der Waals surface area (Å²) in [4.78, 5) is 61.2. The van der Waals surface area contributed by atoms with Gasteiger partial charge in [0.1, 0.15) is 6.54 Å². The van der Waals surface area contributed by atoms with Crippen molar-refractivity contribution in [3.8, 4) is 0 Å². The number of benzene rings is 1. The van der Waals surface area contributed by atoms with Gasteiger partial charge < -0.3 is 20.3 Å². The third-order valence-corrected chi connectivity index (χ3v) is 4.48. The number of urea groups is 1. The maximum absolute atomic E-state index is 12.0. The van der Waals surface area contributed by atoms with Gasteiger partial charge in [0.15, 0.2) is 6.61 Å². The third kappa shape index (κ3) is 6.57. The topological polar surface area (TPSA) is 125 Å². The van der Waals surface area contributed by atoms with Crippen molar-refractivity contribution in [2.45, 2.75) is 26.2 Å². The minimum atomic E-state index is -0.626. The van der Waals surface area contributed by atoms with E-state index in [1.807, 2.05) is 19.1 Å². The predicted octanol–water partition coefficient (Wildman–Crippen LogP) is 0.521. The monoisotopic (exact) mass is 418 g/mol. The first-order valence-corrected chi connectivity index (χ1v) is 9.67. The van der Waals surface area contributed by atoms with Crippen molar-refractivity contribution in [1.29, 1.82) is 0 Å². The van der Waals surface area contributed by atoms with E-state index < -0.39 is 24.5 Å². The molecule has 1 aliphatic heterocycles. The summed E-state index contributed by atoms with van der Waals surface area (Å²) in [6.07, 6.45) is 0.961. The van der Waals surface area contributed by atoms with Crippen molar-refractivity contribution in [3.63, 3.8) is 0 Å². The van der Waals surface area contributed by atoms with Crippen molar-refractivity contribution in [2.24, 2.45) is 0 Å². The number of hydrogen-bond acceptors (Lipinski definition) is 6. The highest BCUT2D eigenvalue weighted by atomic mass is 16.5. The van der Waals surface area contributed by atoms with Crippen LogP contribution in [-0.4, -0.2) is 72.8 Å².